The first kappa shape index (κ1) is 11.9. The lowest BCUT2D eigenvalue weighted by molar-refractivity contribution is -0.142. The lowest BCUT2D eigenvalue weighted by atomic mass is 10.0. The number of esters is 1. The summed E-state index contributed by atoms with van der Waals surface area (Å²) in [5.41, 5.74) is 0.489. The second-order valence-corrected chi connectivity index (χ2v) is 5.19. The van der Waals surface area contributed by atoms with E-state index >= 15 is 0 Å². The van der Waals surface area contributed by atoms with Crippen LogP contribution in [0, 0.1) is 0 Å². The van der Waals surface area contributed by atoms with Gasteiger partial charge in [-0.25, -0.2) is 13.6 Å². The first-order valence-electron chi connectivity index (χ1n) is 4.81. The van der Waals surface area contributed by atoms with Gasteiger partial charge in [0.15, 0.2) is 0 Å². The van der Waals surface area contributed by atoms with Crippen molar-refractivity contribution >= 4 is 16.0 Å². The van der Waals surface area contributed by atoms with E-state index in [1.807, 2.05) is 0 Å². The number of hydrogen-bond acceptors (Lipinski definition) is 5. The molecule has 17 heavy (non-hydrogen) atoms. The standard InChI is InChI=1S/C10H11NO5S/c1-15-10(12)8-5-16-9-3-2-6(4-7(8)9)17(11,13)14/h2-4,8H,5H2,1H3,(H2,11,13,14)/t8-/m1/s1. The van der Waals surface area contributed by atoms with Crippen LogP contribution in [0.25, 0.3) is 0 Å². The van der Waals surface area contributed by atoms with Crippen LogP contribution in [0.15, 0.2) is 23.1 Å². The largest absolute Gasteiger partial charge is 0.492 e. The van der Waals surface area contributed by atoms with Crippen molar-refractivity contribution in [2.45, 2.75) is 10.8 Å². The predicted octanol–water partition coefficient (Wildman–Crippen LogP) is -0.0170. The number of sulfonamides is 1. The highest BCUT2D eigenvalue weighted by atomic mass is 32.2. The third-order valence-corrected chi connectivity index (χ3v) is 3.49. The number of ether oxygens (including phenoxy) is 2. The van der Waals surface area contributed by atoms with E-state index in [0.717, 1.165) is 0 Å². The fourth-order valence-corrected chi connectivity index (χ4v) is 2.26. The van der Waals surface area contributed by atoms with Gasteiger partial charge in [-0.3, -0.25) is 4.79 Å². The number of hydrogen-bond donors (Lipinski definition) is 1. The molecule has 6 nitrogen and oxygen atoms in total. The topological polar surface area (TPSA) is 95.7 Å². The minimum absolute atomic E-state index is 0.0457. The Labute approximate surface area is 98.4 Å². The van der Waals surface area contributed by atoms with Crippen LogP contribution in [0.4, 0.5) is 0 Å². The van der Waals surface area contributed by atoms with Crippen LogP contribution in [0.2, 0.25) is 0 Å². The molecular weight excluding hydrogens is 246 g/mol. The van der Waals surface area contributed by atoms with Crippen molar-refractivity contribution in [3.05, 3.63) is 23.8 Å². The van der Waals surface area contributed by atoms with E-state index in [-0.39, 0.29) is 11.5 Å². The van der Waals surface area contributed by atoms with Crippen molar-refractivity contribution in [2.75, 3.05) is 13.7 Å². The summed E-state index contributed by atoms with van der Waals surface area (Å²) in [7, 11) is -2.52. The van der Waals surface area contributed by atoms with Crippen LogP contribution in [0.5, 0.6) is 5.75 Å². The Morgan fingerprint density at radius 2 is 2.24 bits per heavy atom. The SMILES string of the molecule is COC(=O)[C@@H]1COc2ccc(S(N)(=O)=O)cc21. The molecule has 0 spiro atoms. The lowest BCUT2D eigenvalue weighted by Gasteiger charge is -2.06. The first-order valence-corrected chi connectivity index (χ1v) is 6.35. The van der Waals surface area contributed by atoms with Crippen molar-refractivity contribution in [3.63, 3.8) is 0 Å². The molecule has 1 aliphatic rings. The highest BCUT2D eigenvalue weighted by molar-refractivity contribution is 7.89. The number of benzene rings is 1. The average Bonchev–Trinajstić information content (AvgIpc) is 2.69. The molecule has 0 radical (unpaired) electrons. The van der Waals surface area contributed by atoms with Crippen molar-refractivity contribution in [3.8, 4) is 5.75 Å². The molecule has 1 heterocycles. The minimum atomic E-state index is -3.79. The van der Waals surface area contributed by atoms with Gasteiger partial charge >= 0.3 is 5.97 Å². The maximum atomic E-state index is 11.5. The van der Waals surface area contributed by atoms with Crippen LogP contribution < -0.4 is 9.88 Å². The van der Waals surface area contributed by atoms with Gasteiger partial charge in [0.25, 0.3) is 0 Å². The van der Waals surface area contributed by atoms with Gasteiger partial charge in [0.1, 0.15) is 18.3 Å². The van der Waals surface area contributed by atoms with E-state index in [0.29, 0.717) is 11.3 Å². The van der Waals surface area contributed by atoms with Crippen LogP contribution in [0.1, 0.15) is 11.5 Å². The molecule has 1 atom stereocenters. The zero-order valence-electron chi connectivity index (χ0n) is 9.04. The summed E-state index contributed by atoms with van der Waals surface area (Å²) in [6, 6.07) is 4.17. The van der Waals surface area contributed by atoms with Crippen LogP contribution in [-0.4, -0.2) is 28.1 Å². The predicted molar refractivity (Wildman–Crippen MR) is 58.1 cm³/mol. The van der Waals surface area contributed by atoms with Gasteiger partial charge in [0.2, 0.25) is 10.0 Å². The molecule has 1 aromatic rings. The average molecular weight is 257 g/mol. The molecule has 0 amide bonds. The van der Waals surface area contributed by atoms with Gasteiger partial charge in [0.05, 0.1) is 12.0 Å². The summed E-state index contributed by atoms with van der Waals surface area (Å²) >= 11 is 0. The zero-order valence-corrected chi connectivity index (χ0v) is 9.86. The van der Waals surface area contributed by atoms with Crippen molar-refractivity contribution in [1.82, 2.24) is 0 Å². The molecular formula is C10H11NO5S. The number of carbonyl (C=O) groups excluding carboxylic acids is 1. The monoisotopic (exact) mass is 257 g/mol. The highest BCUT2D eigenvalue weighted by Crippen LogP contribution is 2.35. The summed E-state index contributed by atoms with van der Waals surface area (Å²) in [4.78, 5) is 11.4. The third-order valence-electron chi connectivity index (χ3n) is 2.58. The molecule has 1 aliphatic heterocycles. The number of nitrogens with two attached hydrogens (primary N) is 1. The summed E-state index contributed by atoms with van der Waals surface area (Å²) < 4.78 is 32.3. The van der Waals surface area contributed by atoms with Gasteiger partial charge in [-0.2, -0.15) is 0 Å². The summed E-state index contributed by atoms with van der Waals surface area (Å²) in [5, 5.41) is 5.02. The molecule has 1 aromatic carbocycles. The van der Waals surface area contributed by atoms with E-state index in [1.165, 1.54) is 25.3 Å². The number of methoxy groups -OCH3 is 1. The molecule has 7 heteroatoms. The van der Waals surface area contributed by atoms with Crippen LogP contribution >= 0.6 is 0 Å². The number of carbonyl (C=O) groups is 1. The van der Waals surface area contributed by atoms with Crippen molar-refractivity contribution in [2.24, 2.45) is 5.14 Å². The molecule has 0 bridgehead atoms. The summed E-state index contributed by atoms with van der Waals surface area (Å²) in [5.74, 6) is -0.584. The fourth-order valence-electron chi connectivity index (χ4n) is 1.71. The van der Waals surface area contributed by atoms with Gasteiger partial charge in [0, 0.05) is 5.56 Å². The first-order chi connectivity index (χ1) is 7.93. The quantitative estimate of drug-likeness (QED) is 0.751. The van der Waals surface area contributed by atoms with Gasteiger partial charge in [-0.15, -0.1) is 0 Å². The Balaban J connectivity index is 2.48. The molecule has 0 aliphatic carbocycles. The molecule has 0 saturated carbocycles. The zero-order chi connectivity index (χ0) is 12.6. The van der Waals surface area contributed by atoms with Crippen molar-refractivity contribution < 1.29 is 22.7 Å². The van der Waals surface area contributed by atoms with Crippen molar-refractivity contribution in [1.29, 1.82) is 0 Å². The number of rotatable bonds is 2. The second-order valence-electron chi connectivity index (χ2n) is 3.63. The maximum absolute atomic E-state index is 11.5. The summed E-state index contributed by atoms with van der Waals surface area (Å²) in [6.45, 7) is 0.149. The van der Waals surface area contributed by atoms with E-state index < -0.39 is 21.9 Å². The second kappa shape index (κ2) is 4.01. The highest BCUT2D eigenvalue weighted by Gasteiger charge is 2.32. The molecule has 92 valence electrons. The van der Waals surface area contributed by atoms with Gasteiger partial charge in [-0.1, -0.05) is 0 Å². The van der Waals surface area contributed by atoms with E-state index in [1.54, 1.807) is 0 Å². The minimum Gasteiger partial charge on any atom is -0.492 e. The third kappa shape index (κ3) is 2.11. The molecule has 0 aromatic heterocycles. The number of primary sulfonamides is 1. The van der Waals surface area contributed by atoms with Gasteiger partial charge in [-0.05, 0) is 18.2 Å². The Morgan fingerprint density at radius 1 is 1.53 bits per heavy atom. The smallest absolute Gasteiger partial charge is 0.316 e. The Morgan fingerprint density at radius 3 is 2.82 bits per heavy atom. The molecule has 0 unspecified atom stereocenters. The molecule has 0 saturated heterocycles. The Hall–Kier alpha value is -1.60. The van der Waals surface area contributed by atoms with Gasteiger partial charge < -0.3 is 9.47 Å². The van der Waals surface area contributed by atoms with Crippen LogP contribution in [-0.2, 0) is 19.6 Å². The van der Waals surface area contributed by atoms with E-state index in [9.17, 15) is 13.2 Å². The number of fused-ring (bicyclic) bond motifs is 1. The normalized spacial score (nSPS) is 18.4. The summed E-state index contributed by atoms with van der Waals surface area (Å²) in [6.07, 6.45) is 0. The molecule has 0 fully saturated rings. The molecule has 2 rings (SSSR count). The van der Waals surface area contributed by atoms with E-state index in [4.69, 9.17) is 9.88 Å². The lowest BCUT2D eigenvalue weighted by Crippen LogP contribution is -2.16. The molecule has 2 N–H and O–H groups in total. The maximum Gasteiger partial charge on any atom is 0.316 e. The van der Waals surface area contributed by atoms with E-state index in [2.05, 4.69) is 4.74 Å². The fraction of sp³-hybridized carbons (Fsp3) is 0.300. The van der Waals surface area contributed by atoms with Crippen LogP contribution in [0.3, 0.4) is 0 Å². The Bertz CT molecular complexity index is 566. The Kier molecular flexibility index (Phi) is 2.80.